The number of rotatable bonds is 2. The fourth-order valence-corrected chi connectivity index (χ4v) is 1.62. The van der Waals surface area contributed by atoms with Crippen molar-refractivity contribution in [3.8, 4) is 5.69 Å². The zero-order valence-corrected chi connectivity index (χ0v) is 9.94. The van der Waals surface area contributed by atoms with Crippen LogP contribution in [0.1, 0.15) is 24.2 Å². The molecule has 84 valence electrons. The predicted molar refractivity (Wildman–Crippen MR) is 63.7 cm³/mol. The van der Waals surface area contributed by atoms with Crippen LogP contribution in [0.25, 0.3) is 5.69 Å². The summed E-state index contributed by atoms with van der Waals surface area (Å²) in [6, 6.07) is 5.57. The van der Waals surface area contributed by atoms with E-state index in [-0.39, 0.29) is 6.04 Å². The van der Waals surface area contributed by atoms with E-state index in [1.165, 1.54) is 0 Å². The van der Waals surface area contributed by atoms with Crippen LogP contribution < -0.4 is 5.73 Å². The topological polar surface area (TPSA) is 56.7 Å². The first-order chi connectivity index (χ1) is 7.59. The number of aromatic nitrogens is 3. The van der Waals surface area contributed by atoms with Crippen LogP contribution >= 0.6 is 11.6 Å². The van der Waals surface area contributed by atoms with Crippen molar-refractivity contribution in [3.63, 3.8) is 0 Å². The normalized spacial score (nSPS) is 12.8. The quantitative estimate of drug-likeness (QED) is 0.870. The highest BCUT2D eigenvalue weighted by Crippen LogP contribution is 2.21. The smallest absolute Gasteiger partial charge is 0.0995 e. The molecule has 1 aromatic carbocycles. The molecule has 0 fully saturated rings. The molecule has 0 aliphatic rings. The zero-order valence-electron chi connectivity index (χ0n) is 9.18. The molecule has 0 aliphatic heterocycles. The molecule has 0 bridgehead atoms. The maximum atomic E-state index is 6.05. The van der Waals surface area contributed by atoms with Crippen molar-refractivity contribution in [2.75, 3.05) is 0 Å². The Morgan fingerprint density at radius 2 is 2.19 bits per heavy atom. The Morgan fingerprint density at radius 3 is 2.81 bits per heavy atom. The Morgan fingerprint density at radius 1 is 1.44 bits per heavy atom. The van der Waals surface area contributed by atoms with Crippen LogP contribution in [0.15, 0.2) is 24.4 Å². The Balaban J connectivity index is 2.47. The van der Waals surface area contributed by atoms with Gasteiger partial charge in [0.05, 0.1) is 17.6 Å². The Kier molecular flexibility index (Phi) is 2.94. The van der Waals surface area contributed by atoms with Gasteiger partial charge in [0.15, 0.2) is 0 Å². The minimum Gasteiger partial charge on any atom is -0.323 e. The maximum Gasteiger partial charge on any atom is 0.0995 e. The second kappa shape index (κ2) is 4.23. The first kappa shape index (κ1) is 11.1. The highest BCUT2D eigenvalue weighted by atomic mass is 35.5. The molecule has 0 aliphatic carbocycles. The molecule has 0 saturated carbocycles. The highest BCUT2D eigenvalue weighted by Gasteiger charge is 2.09. The fraction of sp³-hybridized carbons (Fsp3) is 0.273. The molecule has 0 spiro atoms. The van der Waals surface area contributed by atoms with Crippen LogP contribution in [0.4, 0.5) is 0 Å². The van der Waals surface area contributed by atoms with Gasteiger partial charge < -0.3 is 5.73 Å². The average molecular weight is 237 g/mol. The molecule has 1 unspecified atom stereocenters. The largest absolute Gasteiger partial charge is 0.323 e. The van der Waals surface area contributed by atoms with E-state index in [0.717, 1.165) is 22.0 Å². The van der Waals surface area contributed by atoms with Gasteiger partial charge >= 0.3 is 0 Å². The highest BCUT2D eigenvalue weighted by molar-refractivity contribution is 6.31. The predicted octanol–water partition coefficient (Wildman–Crippen LogP) is 2.25. The molecule has 2 aromatic rings. The van der Waals surface area contributed by atoms with Crippen molar-refractivity contribution < 1.29 is 0 Å². The monoisotopic (exact) mass is 236 g/mol. The van der Waals surface area contributed by atoms with Gasteiger partial charge in [-0.2, -0.15) is 0 Å². The molecule has 1 atom stereocenters. The summed E-state index contributed by atoms with van der Waals surface area (Å²) in [5.74, 6) is 0. The lowest BCUT2D eigenvalue weighted by Crippen LogP contribution is -2.05. The van der Waals surface area contributed by atoms with Crippen LogP contribution in [0.2, 0.25) is 5.02 Å². The molecule has 0 amide bonds. The summed E-state index contributed by atoms with van der Waals surface area (Å²) in [4.78, 5) is 0. The summed E-state index contributed by atoms with van der Waals surface area (Å²) in [5.41, 5.74) is 8.39. The Bertz CT molecular complexity index is 504. The van der Waals surface area contributed by atoms with E-state index in [2.05, 4.69) is 10.3 Å². The lowest BCUT2D eigenvalue weighted by molar-refractivity contribution is 0.755. The van der Waals surface area contributed by atoms with Crippen molar-refractivity contribution >= 4 is 11.6 Å². The van der Waals surface area contributed by atoms with E-state index in [1.54, 1.807) is 4.68 Å². The summed E-state index contributed by atoms with van der Waals surface area (Å²) >= 11 is 6.05. The van der Waals surface area contributed by atoms with Crippen LogP contribution in [-0.2, 0) is 0 Å². The first-order valence-electron chi connectivity index (χ1n) is 5.03. The molecule has 1 aromatic heterocycles. The van der Waals surface area contributed by atoms with Gasteiger partial charge in [0.2, 0.25) is 0 Å². The molecule has 0 saturated heterocycles. The summed E-state index contributed by atoms with van der Waals surface area (Å²) in [6.07, 6.45) is 1.82. The molecule has 1 heterocycles. The van der Waals surface area contributed by atoms with E-state index in [4.69, 9.17) is 17.3 Å². The number of nitrogens with two attached hydrogens (primary N) is 1. The van der Waals surface area contributed by atoms with E-state index < -0.39 is 0 Å². The molecule has 4 nitrogen and oxygen atoms in total. The van der Waals surface area contributed by atoms with Gasteiger partial charge in [-0.25, -0.2) is 4.68 Å². The Hall–Kier alpha value is -1.39. The molecular formula is C11H13ClN4. The standard InChI is InChI=1S/C11H13ClN4/c1-7-9(12)4-3-5-11(7)16-6-10(8(2)13)14-15-16/h3-6,8H,13H2,1-2H3. The van der Waals surface area contributed by atoms with Crippen molar-refractivity contribution in [2.24, 2.45) is 5.73 Å². The van der Waals surface area contributed by atoms with Gasteiger partial charge in [-0.15, -0.1) is 5.10 Å². The van der Waals surface area contributed by atoms with E-state index in [1.807, 2.05) is 38.2 Å². The van der Waals surface area contributed by atoms with E-state index in [0.29, 0.717) is 0 Å². The van der Waals surface area contributed by atoms with E-state index in [9.17, 15) is 0 Å². The van der Waals surface area contributed by atoms with Crippen LogP contribution in [-0.4, -0.2) is 15.0 Å². The van der Waals surface area contributed by atoms with Crippen LogP contribution in [0, 0.1) is 6.92 Å². The lowest BCUT2D eigenvalue weighted by atomic mass is 10.2. The van der Waals surface area contributed by atoms with Gasteiger partial charge in [-0.1, -0.05) is 22.9 Å². The van der Waals surface area contributed by atoms with Crippen molar-refractivity contribution in [2.45, 2.75) is 19.9 Å². The SMILES string of the molecule is Cc1c(Cl)cccc1-n1cc(C(C)N)nn1. The lowest BCUT2D eigenvalue weighted by Gasteiger charge is -2.05. The second-order valence-corrected chi connectivity index (χ2v) is 4.17. The third kappa shape index (κ3) is 1.94. The molecule has 2 rings (SSSR count). The van der Waals surface area contributed by atoms with E-state index >= 15 is 0 Å². The molecule has 5 heteroatoms. The maximum absolute atomic E-state index is 6.05. The van der Waals surface area contributed by atoms with Gasteiger partial charge in [0, 0.05) is 11.1 Å². The van der Waals surface area contributed by atoms with Gasteiger partial charge in [0.1, 0.15) is 0 Å². The summed E-state index contributed by atoms with van der Waals surface area (Å²) in [5, 5.41) is 8.76. The second-order valence-electron chi connectivity index (χ2n) is 3.76. The van der Waals surface area contributed by atoms with Gasteiger partial charge in [-0.3, -0.25) is 0 Å². The molecule has 16 heavy (non-hydrogen) atoms. The van der Waals surface area contributed by atoms with Gasteiger partial charge in [0.25, 0.3) is 0 Å². The molecule has 2 N–H and O–H groups in total. The van der Waals surface area contributed by atoms with Crippen molar-refractivity contribution in [3.05, 3.63) is 40.7 Å². The third-order valence-electron chi connectivity index (χ3n) is 2.46. The number of halogens is 1. The fourth-order valence-electron chi connectivity index (χ4n) is 1.45. The van der Waals surface area contributed by atoms with Crippen LogP contribution in [0.3, 0.4) is 0 Å². The molecule has 0 radical (unpaired) electrons. The van der Waals surface area contributed by atoms with Crippen LogP contribution in [0.5, 0.6) is 0 Å². The minimum atomic E-state index is -0.117. The first-order valence-corrected chi connectivity index (χ1v) is 5.40. The summed E-state index contributed by atoms with van der Waals surface area (Å²) in [7, 11) is 0. The Labute approximate surface area is 99.0 Å². The number of hydrogen-bond acceptors (Lipinski definition) is 3. The summed E-state index contributed by atoms with van der Waals surface area (Å²) < 4.78 is 1.69. The average Bonchev–Trinajstić information content (AvgIpc) is 2.71. The number of hydrogen-bond donors (Lipinski definition) is 1. The third-order valence-corrected chi connectivity index (χ3v) is 2.87. The summed E-state index contributed by atoms with van der Waals surface area (Å²) in [6.45, 7) is 3.82. The van der Waals surface area contributed by atoms with Gasteiger partial charge in [-0.05, 0) is 31.5 Å². The van der Waals surface area contributed by atoms with Crippen molar-refractivity contribution in [1.82, 2.24) is 15.0 Å². The number of benzene rings is 1. The zero-order chi connectivity index (χ0) is 11.7. The van der Waals surface area contributed by atoms with Crippen molar-refractivity contribution in [1.29, 1.82) is 0 Å². The molecular weight excluding hydrogens is 224 g/mol. The number of nitrogens with zero attached hydrogens (tertiary/aromatic N) is 3. The minimum absolute atomic E-state index is 0.117.